The van der Waals surface area contributed by atoms with E-state index in [-0.39, 0.29) is 5.78 Å². The fourth-order valence-electron chi connectivity index (χ4n) is 3.58. The van der Waals surface area contributed by atoms with E-state index < -0.39 is 0 Å². The Morgan fingerprint density at radius 3 is 2.35 bits per heavy atom. The highest BCUT2D eigenvalue weighted by Crippen LogP contribution is 2.28. The van der Waals surface area contributed by atoms with Gasteiger partial charge in [0.05, 0.1) is 6.54 Å². The van der Waals surface area contributed by atoms with Gasteiger partial charge in [0.25, 0.3) is 0 Å². The summed E-state index contributed by atoms with van der Waals surface area (Å²) in [5.41, 5.74) is 4.73. The van der Waals surface area contributed by atoms with E-state index in [1.165, 1.54) is 18.4 Å². The fourth-order valence-corrected chi connectivity index (χ4v) is 3.58. The lowest BCUT2D eigenvalue weighted by Crippen LogP contribution is -2.42. The summed E-state index contributed by atoms with van der Waals surface area (Å²) < 4.78 is 0. The predicted molar refractivity (Wildman–Crippen MR) is 84.4 cm³/mol. The van der Waals surface area contributed by atoms with Gasteiger partial charge in [-0.1, -0.05) is 31.5 Å². The third-order valence-corrected chi connectivity index (χ3v) is 4.30. The average Bonchev–Trinajstić information content (AvgIpc) is 2.25. The van der Waals surface area contributed by atoms with Crippen molar-refractivity contribution in [3.05, 3.63) is 34.4 Å². The molecule has 0 radical (unpaired) electrons. The van der Waals surface area contributed by atoms with Gasteiger partial charge >= 0.3 is 0 Å². The van der Waals surface area contributed by atoms with Gasteiger partial charge in [-0.15, -0.1) is 0 Å². The summed E-state index contributed by atoms with van der Waals surface area (Å²) in [6, 6.07) is 4.22. The summed E-state index contributed by atoms with van der Waals surface area (Å²) >= 11 is 0. The first-order chi connectivity index (χ1) is 9.28. The number of ketones is 1. The van der Waals surface area contributed by atoms with Crippen molar-refractivity contribution in [1.29, 1.82) is 0 Å². The second-order valence-corrected chi connectivity index (χ2v) is 7.18. The average molecular weight is 273 g/mol. The van der Waals surface area contributed by atoms with Crippen molar-refractivity contribution in [3.63, 3.8) is 0 Å². The number of carbonyl (C=O) groups excluding carboxylic acids is 1. The minimum absolute atomic E-state index is 0.276. The highest BCUT2D eigenvalue weighted by molar-refractivity contribution is 6.00. The number of likely N-dealkylation sites (tertiary alicyclic amines) is 1. The molecule has 1 aliphatic heterocycles. The maximum atomic E-state index is 12.6. The summed E-state index contributed by atoms with van der Waals surface area (Å²) in [4.78, 5) is 15.0. The maximum Gasteiger partial charge on any atom is 0.177 e. The Kier molecular flexibility index (Phi) is 4.33. The van der Waals surface area contributed by atoms with Gasteiger partial charge in [0.15, 0.2) is 5.78 Å². The molecule has 1 heterocycles. The van der Waals surface area contributed by atoms with Crippen molar-refractivity contribution >= 4 is 5.78 Å². The summed E-state index contributed by atoms with van der Waals surface area (Å²) in [6.45, 7) is 13.4. The van der Waals surface area contributed by atoms with E-state index in [4.69, 9.17) is 0 Å². The van der Waals surface area contributed by atoms with Gasteiger partial charge in [-0.2, -0.15) is 0 Å². The normalized spacial score (nSPS) is 19.1. The molecule has 20 heavy (non-hydrogen) atoms. The van der Waals surface area contributed by atoms with E-state index in [1.807, 2.05) is 13.8 Å². The third kappa shape index (κ3) is 3.49. The van der Waals surface area contributed by atoms with Crippen LogP contribution in [-0.4, -0.2) is 30.3 Å². The molecule has 1 aromatic carbocycles. The van der Waals surface area contributed by atoms with Gasteiger partial charge in [0.1, 0.15) is 0 Å². The number of hydrogen-bond donors (Lipinski definition) is 0. The quantitative estimate of drug-likeness (QED) is 0.778. The van der Waals surface area contributed by atoms with Gasteiger partial charge in [0.2, 0.25) is 0 Å². The van der Waals surface area contributed by atoms with Crippen LogP contribution in [0.25, 0.3) is 0 Å². The Hall–Kier alpha value is -1.15. The molecule has 0 N–H and O–H groups in total. The van der Waals surface area contributed by atoms with E-state index in [2.05, 4.69) is 37.8 Å². The number of aryl methyl sites for hydroxylation is 3. The Morgan fingerprint density at radius 1 is 1.20 bits per heavy atom. The van der Waals surface area contributed by atoms with Crippen LogP contribution in [0.3, 0.4) is 0 Å². The molecule has 2 nitrogen and oxygen atoms in total. The van der Waals surface area contributed by atoms with Crippen molar-refractivity contribution in [1.82, 2.24) is 4.90 Å². The van der Waals surface area contributed by atoms with Gasteiger partial charge in [-0.25, -0.2) is 0 Å². The van der Waals surface area contributed by atoms with Crippen LogP contribution in [0.15, 0.2) is 12.1 Å². The van der Waals surface area contributed by atoms with Crippen LogP contribution >= 0.6 is 0 Å². The summed E-state index contributed by atoms with van der Waals surface area (Å²) in [6.07, 6.45) is 2.46. The Balaban J connectivity index is 2.13. The highest BCUT2D eigenvalue weighted by Gasteiger charge is 2.28. The Bertz CT molecular complexity index is 493. The van der Waals surface area contributed by atoms with Gasteiger partial charge in [-0.05, 0) is 56.7 Å². The lowest BCUT2D eigenvalue weighted by atomic mass is 9.84. The number of carbonyl (C=O) groups is 1. The van der Waals surface area contributed by atoms with E-state index in [0.29, 0.717) is 12.0 Å². The lowest BCUT2D eigenvalue weighted by molar-refractivity contribution is 0.0809. The minimum atomic E-state index is 0.276. The first-order valence-corrected chi connectivity index (χ1v) is 7.62. The smallest absolute Gasteiger partial charge is 0.177 e. The minimum Gasteiger partial charge on any atom is -0.295 e. The highest BCUT2D eigenvalue weighted by atomic mass is 16.1. The number of hydrogen-bond acceptors (Lipinski definition) is 2. The molecule has 0 amide bonds. The topological polar surface area (TPSA) is 20.3 Å². The molecule has 0 aliphatic carbocycles. The molecule has 1 saturated heterocycles. The molecule has 1 aliphatic rings. The summed E-state index contributed by atoms with van der Waals surface area (Å²) in [7, 11) is 0. The Morgan fingerprint density at radius 2 is 1.80 bits per heavy atom. The van der Waals surface area contributed by atoms with Gasteiger partial charge < -0.3 is 0 Å². The van der Waals surface area contributed by atoms with Crippen LogP contribution in [0.1, 0.15) is 53.7 Å². The predicted octanol–water partition coefficient (Wildman–Crippen LogP) is 3.92. The van der Waals surface area contributed by atoms with E-state index >= 15 is 0 Å². The van der Waals surface area contributed by atoms with Crippen LogP contribution < -0.4 is 0 Å². The lowest BCUT2D eigenvalue weighted by Gasteiger charge is -2.37. The Labute approximate surface area is 123 Å². The van der Waals surface area contributed by atoms with Crippen molar-refractivity contribution in [2.75, 3.05) is 19.6 Å². The van der Waals surface area contributed by atoms with Crippen molar-refractivity contribution in [2.24, 2.45) is 5.41 Å². The molecular weight excluding hydrogens is 246 g/mol. The second-order valence-electron chi connectivity index (χ2n) is 7.18. The van der Waals surface area contributed by atoms with E-state index in [1.54, 1.807) is 0 Å². The molecule has 1 fully saturated rings. The van der Waals surface area contributed by atoms with E-state index in [0.717, 1.165) is 29.8 Å². The van der Waals surface area contributed by atoms with Crippen molar-refractivity contribution in [2.45, 2.75) is 47.5 Å². The fraction of sp³-hybridized carbons (Fsp3) is 0.611. The molecule has 0 saturated carbocycles. The zero-order valence-electron chi connectivity index (χ0n) is 13.5. The van der Waals surface area contributed by atoms with Gasteiger partial charge in [-0.3, -0.25) is 9.69 Å². The first-order valence-electron chi connectivity index (χ1n) is 7.62. The van der Waals surface area contributed by atoms with Crippen LogP contribution in [0, 0.1) is 26.2 Å². The van der Waals surface area contributed by atoms with Crippen molar-refractivity contribution in [3.8, 4) is 0 Å². The van der Waals surface area contributed by atoms with Crippen LogP contribution in [0.5, 0.6) is 0 Å². The van der Waals surface area contributed by atoms with Crippen LogP contribution in [0.4, 0.5) is 0 Å². The monoisotopic (exact) mass is 273 g/mol. The molecule has 0 aromatic heterocycles. The summed E-state index contributed by atoms with van der Waals surface area (Å²) in [5, 5.41) is 0. The number of Topliss-reactive ketones (excluding diaryl/α,β-unsaturated/α-hetero) is 1. The molecule has 0 atom stereocenters. The van der Waals surface area contributed by atoms with Crippen molar-refractivity contribution < 1.29 is 4.79 Å². The molecule has 110 valence electrons. The number of rotatable bonds is 3. The SMILES string of the molecule is Cc1cc(C)c(C(=O)CN2CCCC(C)(C)C2)c(C)c1. The molecule has 0 bridgehead atoms. The zero-order valence-corrected chi connectivity index (χ0v) is 13.5. The maximum absolute atomic E-state index is 12.6. The second kappa shape index (κ2) is 5.69. The molecule has 0 spiro atoms. The van der Waals surface area contributed by atoms with Crippen LogP contribution in [0.2, 0.25) is 0 Å². The number of nitrogens with zero attached hydrogens (tertiary/aromatic N) is 1. The molecular formula is C18H27NO. The first kappa shape index (κ1) is 15.2. The van der Waals surface area contributed by atoms with Gasteiger partial charge in [0, 0.05) is 12.1 Å². The number of benzene rings is 1. The molecule has 0 unspecified atom stereocenters. The largest absolute Gasteiger partial charge is 0.295 e. The molecule has 2 heteroatoms. The van der Waals surface area contributed by atoms with E-state index in [9.17, 15) is 4.79 Å². The van der Waals surface area contributed by atoms with Crippen LogP contribution in [-0.2, 0) is 0 Å². The zero-order chi connectivity index (χ0) is 14.9. The third-order valence-electron chi connectivity index (χ3n) is 4.30. The molecule has 2 rings (SSSR count). The summed E-state index contributed by atoms with van der Waals surface area (Å²) in [5.74, 6) is 0.276. The molecule has 1 aromatic rings. The standard InChI is InChI=1S/C18H27NO/c1-13-9-14(2)17(15(3)10-13)16(20)11-19-8-6-7-18(4,5)12-19/h9-10H,6-8,11-12H2,1-5H3. The number of piperidine rings is 1.